The van der Waals surface area contributed by atoms with Gasteiger partial charge in [-0.15, -0.1) is 0 Å². The Kier molecular flexibility index (Phi) is 30.0. The van der Waals surface area contributed by atoms with E-state index in [1.54, 1.807) is 6.92 Å². The number of carbonyl (C=O) groups is 7. The Morgan fingerprint density at radius 3 is 0.965 bits per heavy atom. The van der Waals surface area contributed by atoms with Crippen molar-refractivity contribution in [3.63, 3.8) is 0 Å². The van der Waals surface area contributed by atoms with E-state index in [0.29, 0.717) is 12.8 Å². The first-order valence-electron chi connectivity index (χ1n) is 27.5. The molecular weight excluding hydrogens is 1240 g/mol. The summed E-state index contributed by atoms with van der Waals surface area (Å²) in [5, 5.41) is 22.0. The predicted molar refractivity (Wildman–Crippen MR) is 314 cm³/mol. The molecule has 0 fully saturated rings. The minimum absolute atomic E-state index is 0.00201. The van der Waals surface area contributed by atoms with Crippen LogP contribution in [0.15, 0.2) is 0 Å². The van der Waals surface area contributed by atoms with Crippen LogP contribution in [0.25, 0.3) is 0 Å². The van der Waals surface area contributed by atoms with Crippen LogP contribution in [-0.2, 0) is 93.6 Å². The molecule has 0 spiro atoms. The highest BCUT2D eigenvalue weighted by Gasteiger charge is 2.50. The van der Waals surface area contributed by atoms with Gasteiger partial charge in [-0.2, -0.15) is 42.1 Å². The lowest BCUT2D eigenvalue weighted by Crippen LogP contribution is -2.54. The van der Waals surface area contributed by atoms with Crippen molar-refractivity contribution in [1.82, 2.24) is 26.6 Å². The number of esters is 2. The number of hydrogen-bond acceptors (Lipinski definition) is 20. The molecule has 0 bridgehead atoms. The molecule has 0 aromatic heterocycles. The molecule has 35 heteroatoms. The number of nitrogens with one attached hydrogen (secondary N) is 5. The van der Waals surface area contributed by atoms with Gasteiger partial charge in [-0.25, -0.2) is 0 Å². The van der Waals surface area contributed by atoms with Crippen molar-refractivity contribution in [2.75, 3.05) is 48.6 Å². The highest BCUT2D eigenvalue weighted by atomic mass is 32.2. The maximum Gasteiger partial charge on any atom is 0.311 e. The largest absolute Gasteiger partial charge is 0.465 e. The molecule has 7 atom stereocenters. The summed E-state index contributed by atoms with van der Waals surface area (Å²) in [6.45, 7) is 17.9. The first kappa shape index (κ1) is 81.8. The number of rotatable bonds is 40. The van der Waals surface area contributed by atoms with E-state index in [-0.39, 0.29) is 13.0 Å². The van der Waals surface area contributed by atoms with E-state index in [1.807, 2.05) is 6.92 Å². The summed E-state index contributed by atoms with van der Waals surface area (Å²) in [4.78, 5) is 102. The Morgan fingerprint density at radius 2 is 0.674 bits per heavy atom. The summed E-state index contributed by atoms with van der Waals surface area (Å²) >= 11 is 0. The summed E-state index contributed by atoms with van der Waals surface area (Å²) in [6, 6.07) is 0. The number of carbonyl (C=O) groups excluding carboxylic acids is 7. The molecule has 0 aromatic rings. The molecule has 0 radical (unpaired) electrons. The van der Waals surface area contributed by atoms with Crippen molar-refractivity contribution in [3.8, 4) is 0 Å². The van der Waals surface area contributed by atoms with Crippen molar-refractivity contribution < 1.29 is 113 Å². The second-order valence-corrected chi connectivity index (χ2v) is 33.6. The van der Waals surface area contributed by atoms with Gasteiger partial charge in [0.05, 0.1) is 80.5 Å². The second kappa shape index (κ2) is 31.5. The van der Waals surface area contributed by atoms with E-state index in [9.17, 15) is 89.1 Å². The third-order valence-electron chi connectivity index (χ3n) is 13.6. The minimum Gasteiger partial charge on any atom is -0.465 e. The maximum absolute atomic E-state index is 15.1. The molecule has 86 heavy (non-hydrogen) atoms. The highest BCUT2D eigenvalue weighted by Crippen LogP contribution is 2.45. The summed E-state index contributed by atoms with van der Waals surface area (Å²) in [7, 11) is -24.3. The molecule has 11 N–H and O–H groups in total. The van der Waals surface area contributed by atoms with Gasteiger partial charge >= 0.3 is 11.9 Å². The molecule has 5 amide bonds. The van der Waals surface area contributed by atoms with Crippen LogP contribution < -0.4 is 26.6 Å². The van der Waals surface area contributed by atoms with E-state index < -0.39 is 241 Å². The summed E-state index contributed by atoms with van der Waals surface area (Å²) in [6.07, 6.45) is -3.36. The molecule has 0 rings (SSSR count). The lowest BCUT2D eigenvalue weighted by Gasteiger charge is -2.39. The highest BCUT2D eigenvalue weighted by molar-refractivity contribution is 7.86. The fourth-order valence-corrected chi connectivity index (χ4v) is 15.1. The molecule has 30 nitrogen and oxygen atoms in total. The van der Waals surface area contributed by atoms with Crippen LogP contribution in [0.1, 0.15) is 162 Å². The fourth-order valence-electron chi connectivity index (χ4n) is 10.2. The first-order chi connectivity index (χ1) is 38.2. The minimum atomic E-state index is -4.93. The van der Waals surface area contributed by atoms with Crippen LogP contribution in [0.4, 0.5) is 0 Å². The Bertz CT molecular complexity index is 2970. The molecule has 0 aliphatic heterocycles. The molecular formula is C51H95N5O25S5. The Labute approximate surface area is 507 Å². The summed E-state index contributed by atoms with van der Waals surface area (Å²) in [5.41, 5.74) is -12.8. The van der Waals surface area contributed by atoms with Gasteiger partial charge in [0, 0.05) is 29.6 Å². The van der Waals surface area contributed by atoms with Crippen LogP contribution in [0, 0.1) is 40.4 Å². The number of amides is 5. The number of aliphatic hydroxyl groups is 1. The number of aliphatic hydroxyl groups excluding tert-OH is 1. The zero-order valence-corrected chi connectivity index (χ0v) is 56.0. The monoisotopic (exact) mass is 1340 g/mol. The lowest BCUT2D eigenvalue weighted by atomic mass is 9.66. The van der Waals surface area contributed by atoms with Gasteiger partial charge in [0.15, 0.2) is 0 Å². The fraction of sp³-hybridized carbons (Fsp3) is 0.863. The van der Waals surface area contributed by atoms with Crippen LogP contribution >= 0.6 is 0 Å². The van der Waals surface area contributed by atoms with Gasteiger partial charge in [-0.05, 0) is 134 Å². The van der Waals surface area contributed by atoms with Gasteiger partial charge in [0.25, 0.3) is 50.6 Å². The molecule has 0 heterocycles. The van der Waals surface area contributed by atoms with Crippen molar-refractivity contribution in [2.24, 2.45) is 40.4 Å². The van der Waals surface area contributed by atoms with E-state index in [0.717, 1.165) is 27.7 Å². The topological polar surface area (TPSA) is 490 Å². The van der Waals surface area contributed by atoms with Gasteiger partial charge < -0.3 is 41.2 Å². The summed E-state index contributed by atoms with van der Waals surface area (Å²) < 4.78 is 182. The predicted octanol–water partition coefficient (Wildman–Crippen LogP) is 1.64. The van der Waals surface area contributed by atoms with Gasteiger partial charge in [0.2, 0.25) is 29.5 Å². The molecule has 0 saturated heterocycles. The van der Waals surface area contributed by atoms with Crippen LogP contribution in [-0.4, -0.2) is 188 Å². The molecule has 0 aliphatic carbocycles. The summed E-state index contributed by atoms with van der Waals surface area (Å²) in [5.74, 6) is -21.7. The molecule has 504 valence electrons. The Hall–Kier alpha value is -4.20. The van der Waals surface area contributed by atoms with Gasteiger partial charge in [0.1, 0.15) is 6.61 Å². The van der Waals surface area contributed by atoms with Gasteiger partial charge in [-0.3, -0.25) is 56.3 Å². The normalized spacial score (nSPS) is 16.6. The zero-order chi connectivity index (χ0) is 67.9. The van der Waals surface area contributed by atoms with Crippen LogP contribution in [0.2, 0.25) is 0 Å². The smallest absolute Gasteiger partial charge is 0.311 e. The quantitative estimate of drug-likeness (QED) is 0.0236. The first-order valence-corrected chi connectivity index (χ1v) is 35.6. The molecule has 7 unspecified atom stereocenters. The van der Waals surface area contributed by atoms with Crippen LogP contribution in [0.3, 0.4) is 0 Å². The lowest BCUT2D eigenvalue weighted by molar-refractivity contribution is -0.166. The third kappa shape index (κ3) is 33.4. The number of ether oxygens (including phenoxy) is 2. The van der Waals surface area contributed by atoms with Crippen LogP contribution in [0.5, 0.6) is 0 Å². The van der Waals surface area contributed by atoms with Crippen molar-refractivity contribution >= 4 is 92.1 Å². The number of unbranched alkanes of at least 4 members (excludes halogenated alkanes) is 1. The standard InChI is InChI=1S/C51H95N5O25S5/c1-16-18-20-80-43(63)50(14,17-2)27-51(15,44(64)81-21-19-57)26-37(42(62)56-49(12,13)32-86(77,78)79)25-36(41(61)55-48(10,11)31-85(74,75)76)24-35(40(60)54-47(8,9)30-84(71,72)73)23-34(39(59)53-46(6,7)29-83(68,69)70)22-33(3)38(58)52-45(4,5)28-82(65,66)67/h33-37,57H,16-32H2,1-15H3,(H,52,58)(H,53,59)(H,54,60)(H,55,61)(H,56,62)(H,65,66,67)(H,68,69,70)(H,71,72,73)(H,74,75,76)(H,77,78,79). The molecule has 0 saturated carbocycles. The van der Waals surface area contributed by atoms with E-state index in [4.69, 9.17) is 9.47 Å². The van der Waals surface area contributed by atoms with Gasteiger partial charge in [-0.1, -0.05) is 27.2 Å². The molecule has 0 aliphatic rings. The van der Waals surface area contributed by atoms with Crippen molar-refractivity contribution in [2.45, 2.75) is 189 Å². The Balaban J connectivity index is 9.11. The second-order valence-electron chi connectivity index (χ2n) is 26.3. The third-order valence-corrected chi connectivity index (χ3v) is 19.0. The van der Waals surface area contributed by atoms with E-state index in [2.05, 4.69) is 26.6 Å². The maximum atomic E-state index is 15.1. The van der Waals surface area contributed by atoms with E-state index >= 15 is 14.4 Å². The molecule has 0 aromatic carbocycles. The van der Waals surface area contributed by atoms with Crippen molar-refractivity contribution in [1.29, 1.82) is 0 Å². The van der Waals surface area contributed by atoms with E-state index in [1.165, 1.54) is 62.3 Å². The van der Waals surface area contributed by atoms with Crippen molar-refractivity contribution in [3.05, 3.63) is 0 Å². The average Bonchev–Trinajstić information content (AvgIpc) is 1.84. The SMILES string of the molecule is CCCCOC(=O)C(C)(CC)CC(C)(CC(CC(CC(CC(CC(C)C(=O)NC(C)(C)CS(=O)(=O)O)C(=O)NC(C)(C)CS(=O)(=O)O)C(=O)NC(C)(C)CS(=O)(=O)O)C(=O)NC(C)(C)CS(=O)(=O)O)C(=O)NC(C)(C)CS(=O)(=O)O)C(=O)OCCO. The zero-order valence-electron chi connectivity index (χ0n) is 51.9. The number of hydrogen-bond donors (Lipinski definition) is 11. The Morgan fingerprint density at radius 1 is 0.407 bits per heavy atom. The average molecular weight is 1340 g/mol.